The number of nitrogens with zero attached hydrogens (tertiary/aromatic N) is 2. The van der Waals surface area contributed by atoms with Crippen LogP contribution >= 0.6 is 35.3 Å². The van der Waals surface area contributed by atoms with Gasteiger partial charge in [-0.25, -0.2) is 0 Å². The smallest absolute Gasteiger partial charge is 0.250 e. The van der Waals surface area contributed by atoms with Crippen molar-refractivity contribution >= 4 is 41.3 Å². The molecule has 0 radical (unpaired) electrons. The highest BCUT2D eigenvalue weighted by Gasteiger charge is 2.01. The lowest BCUT2D eigenvalue weighted by Crippen LogP contribution is -2.37. The summed E-state index contributed by atoms with van der Waals surface area (Å²) in [6.07, 6.45) is 1.94. The Morgan fingerprint density at radius 2 is 2.04 bits per heavy atom. The molecule has 2 aromatic rings. The molecule has 5 nitrogen and oxygen atoms in total. The molecule has 2 N–H and O–H groups in total. The van der Waals surface area contributed by atoms with E-state index in [4.69, 9.17) is 0 Å². The summed E-state index contributed by atoms with van der Waals surface area (Å²) in [5.41, 5.74) is 1.09. The summed E-state index contributed by atoms with van der Waals surface area (Å²) in [7, 11) is 1.77. The molecular weight excluding hydrogens is 435 g/mol. The normalized spacial score (nSPS) is 11.0. The van der Waals surface area contributed by atoms with Crippen LogP contribution in [0.25, 0.3) is 0 Å². The molecule has 0 unspecified atom stereocenters. The lowest BCUT2D eigenvalue weighted by atomic mass is 10.3. The lowest BCUT2D eigenvalue weighted by Gasteiger charge is -2.12. The van der Waals surface area contributed by atoms with Gasteiger partial charge < -0.3 is 15.2 Å². The summed E-state index contributed by atoms with van der Waals surface area (Å²) in [5.74, 6) is 0.812. The van der Waals surface area contributed by atoms with Crippen molar-refractivity contribution in [2.75, 3.05) is 13.6 Å². The van der Waals surface area contributed by atoms with Crippen LogP contribution in [-0.4, -0.2) is 24.1 Å². The summed E-state index contributed by atoms with van der Waals surface area (Å²) in [6, 6.07) is 9.53. The van der Waals surface area contributed by atoms with E-state index in [1.54, 1.807) is 30.5 Å². The van der Waals surface area contributed by atoms with Crippen LogP contribution in [-0.2, 0) is 13.1 Å². The number of hydrogen-bond acceptors (Lipinski definition) is 3. The van der Waals surface area contributed by atoms with Gasteiger partial charge in [-0.3, -0.25) is 9.79 Å². The number of rotatable bonds is 7. The van der Waals surface area contributed by atoms with E-state index in [0.29, 0.717) is 0 Å². The highest BCUT2D eigenvalue weighted by atomic mass is 127. The van der Waals surface area contributed by atoms with Gasteiger partial charge in [0.05, 0.1) is 6.54 Å². The Kier molecular flexibility index (Phi) is 9.70. The summed E-state index contributed by atoms with van der Waals surface area (Å²) in [5, 5.41) is 8.67. The highest BCUT2D eigenvalue weighted by Crippen LogP contribution is 2.07. The van der Waals surface area contributed by atoms with Crippen molar-refractivity contribution in [1.29, 1.82) is 0 Å². The molecule has 7 heteroatoms. The number of pyridine rings is 1. The van der Waals surface area contributed by atoms with Crippen LogP contribution < -0.4 is 16.2 Å². The number of aliphatic imine (C=N–C) groups is 1. The van der Waals surface area contributed by atoms with E-state index in [1.807, 2.05) is 23.6 Å². The van der Waals surface area contributed by atoms with Gasteiger partial charge in [0.15, 0.2) is 5.96 Å². The van der Waals surface area contributed by atoms with Crippen LogP contribution in [0.3, 0.4) is 0 Å². The molecule has 0 saturated heterocycles. The van der Waals surface area contributed by atoms with Gasteiger partial charge in [0.25, 0.3) is 5.56 Å². The number of aryl methyl sites for hydroxylation is 1. The molecule has 0 aromatic carbocycles. The van der Waals surface area contributed by atoms with Crippen molar-refractivity contribution in [3.63, 3.8) is 0 Å². The van der Waals surface area contributed by atoms with E-state index in [0.717, 1.165) is 44.1 Å². The van der Waals surface area contributed by atoms with Gasteiger partial charge in [-0.1, -0.05) is 12.1 Å². The maximum atomic E-state index is 11.8. The molecule has 0 saturated carbocycles. The fourth-order valence-electron chi connectivity index (χ4n) is 2.32. The van der Waals surface area contributed by atoms with Crippen LogP contribution in [0.4, 0.5) is 0 Å². The van der Waals surface area contributed by atoms with Crippen LogP contribution in [0, 0.1) is 6.92 Å². The Hall–Kier alpha value is -1.35. The van der Waals surface area contributed by atoms with E-state index >= 15 is 0 Å². The van der Waals surface area contributed by atoms with Crippen LogP contribution in [0.1, 0.15) is 23.4 Å². The molecule has 0 aliphatic carbocycles. The molecule has 0 spiro atoms. The number of nitrogens with one attached hydrogen (secondary N) is 2. The van der Waals surface area contributed by atoms with Crippen molar-refractivity contribution in [3.8, 4) is 0 Å². The molecule has 0 fully saturated rings. The Morgan fingerprint density at radius 1 is 1.21 bits per heavy atom. The molecule has 0 bridgehead atoms. The van der Waals surface area contributed by atoms with Gasteiger partial charge in [-0.05, 0) is 37.3 Å². The van der Waals surface area contributed by atoms with Crippen LogP contribution in [0.2, 0.25) is 0 Å². The number of thiophene rings is 1. The second-order valence-corrected chi connectivity index (χ2v) is 6.33. The van der Waals surface area contributed by atoms with Gasteiger partial charge in [-0.2, -0.15) is 0 Å². The summed E-state index contributed by atoms with van der Waals surface area (Å²) in [6.45, 7) is 4.35. The topological polar surface area (TPSA) is 58.4 Å². The second kappa shape index (κ2) is 11.2. The van der Waals surface area contributed by atoms with E-state index in [2.05, 4.69) is 27.1 Å². The number of guanidine groups is 1. The van der Waals surface area contributed by atoms with Crippen molar-refractivity contribution in [3.05, 3.63) is 56.6 Å². The maximum Gasteiger partial charge on any atom is 0.250 e. The summed E-state index contributed by atoms with van der Waals surface area (Å²) >= 11 is 1.73. The van der Waals surface area contributed by atoms with E-state index in [-0.39, 0.29) is 29.5 Å². The first kappa shape index (κ1) is 20.7. The number of aromatic nitrogens is 1. The van der Waals surface area contributed by atoms with Crippen LogP contribution in [0.15, 0.2) is 45.5 Å². The largest absolute Gasteiger partial charge is 0.356 e. The summed E-state index contributed by atoms with van der Waals surface area (Å²) in [4.78, 5) is 17.3. The molecule has 2 aromatic heterocycles. The standard InChI is InChI=1S/C17H24N4OS.HI/c1-14-7-5-9-16(22)21(14)11-4-3-10-19-17(18-2)20-13-15-8-6-12-23-15;/h5-9,12H,3-4,10-11,13H2,1-2H3,(H2,18,19,20);1H. The average molecular weight is 460 g/mol. The van der Waals surface area contributed by atoms with Crippen molar-refractivity contribution < 1.29 is 0 Å². The maximum absolute atomic E-state index is 11.8. The molecule has 0 atom stereocenters. The first-order valence-corrected chi connectivity index (χ1v) is 8.72. The van der Waals surface area contributed by atoms with E-state index < -0.39 is 0 Å². The third-order valence-corrected chi connectivity index (χ3v) is 4.48. The fourth-order valence-corrected chi connectivity index (χ4v) is 2.96. The highest BCUT2D eigenvalue weighted by molar-refractivity contribution is 14.0. The number of unbranched alkanes of at least 4 members (excludes halogenated alkanes) is 1. The molecule has 0 aliphatic rings. The monoisotopic (exact) mass is 460 g/mol. The van der Waals surface area contributed by atoms with E-state index in [9.17, 15) is 4.79 Å². The van der Waals surface area contributed by atoms with Gasteiger partial charge in [-0.15, -0.1) is 35.3 Å². The zero-order valence-electron chi connectivity index (χ0n) is 14.1. The fraction of sp³-hybridized carbons (Fsp3) is 0.412. The molecule has 0 amide bonds. The van der Waals surface area contributed by atoms with Crippen LogP contribution in [0.5, 0.6) is 0 Å². The minimum atomic E-state index is 0. The Morgan fingerprint density at radius 3 is 2.71 bits per heavy atom. The van der Waals surface area contributed by atoms with Gasteiger partial charge in [0.2, 0.25) is 0 Å². The molecular formula is C17H25IN4OS. The van der Waals surface area contributed by atoms with Crippen molar-refractivity contribution in [2.45, 2.75) is 32.9 Å². The lowest BCUT2D eigenvalue weighted by molar-refractivity contribution is 0.575. The molecule has 2 rings (SSSR count). The number of hydrogen-bond donors (Lipinski definition) is 2. The second-order valence-electron chi connectivity index (χ2n) is 5.30. The Labute approximate surface area is 164 Å². The third kappa shape index (κ3) is 6.64. The minimum Gasteiger partial charge on any atom is -0.356 e. The Bertz CT molecular complexity index is 682. The van der Waals surface area contributed by atoms with Gasteiger partial charge >= 0.3 is 0 Å². The third-order valence-electron chi connectivity index (χ3n) is 3.60. The van der Waals surface area contributed by atoms with E-state index in [1.165, 1.54) is 4.88 Å². The van der Waals surface area contributed by atoms with Crippen molar-refractivity contribution in [1.82, 2.24) is 15.2 Å². The SMILES string of the molecule is CN=C(NCCCCn1c(C)cccc1=O)NCc1cccs1.I. The first-order valence-electron chi connectivity index (χ1n) is 7.84. The molecule has 132 valence electrons. The Balaban J connectivity index is 0.00000288. The summed E-state index contributed by atoms with van der Waals surface area (Å²) < 4.78 is 1.82. The molecule has 0 aliphatic heterocycles. The van der Waals surface area contributed by atoms with Crippen molar-refractivity contribution in [2.24, 2.45) is 4.99 Å². The zero-order chi connectivity index (χ0) is 16.5. The zero-order valence-corrected chi connectivity index (χ0v) is 17.3. The predicted molar refractivity (Wildman–Crippen MR) is 113 cm³/mol. The quantitative estimate of drug-likeness (QED) is 0.289. The van der Waals surface area contributed by atoms with Gasteiger partial charge in [0, 0.05) is 36.8 Å². The number of halogens is 1. The first-order chi connectivity index (χ1) is 11.2. The predicted octanol–water partition coefficient (Wildman–Crippen LogP) is 2.98. The average Bonchev–Trinajstić information content (AvgIpc) is 3.06. The minimum absolute atomic E-state index is 0. The van der Waals surface area contributed by atoms with Gasteiger partial charge in [0.1, 0.15) is 0 Å². The molecule has 24 heavy (non-hydrogen) atoms. The molecule has 2 heterocycles.